The molecule has 2 aromatic carbocycles. The van der Waals surface area contributed by atoms with E-state index < -0.39 is 18.1 Å². The monoisotopic (exact) mass is 450 g/mol. The Kier molecular flexibility index (Phi) is 6.67. The molecule has 7 nitrogen and oxygen atoms in total. The molecular weight excluding hydrogens is 420 g/mol. The second-order valence-electron chi connectivity index (χ2n) is 8.82. The Morgan fingerprint density at radius 3 is 2.24 bits per heavy atom. The number of nitrogens with one attached hydrogen (secondary N) is 1. The van der Waals surface area contributed by atoms with Crippen LogP contribution in [-0.2, 0) is 14.3 Å². The SMILES string of the molecule is CCN(C(=O)[C@@H]1CC[C@H](NC(=O)OCC2c3ccccc3-c3ccccc32)C1)C(C)C(=O)O. The van der Waals surface area contributed by atoms with Crippen LogP contribution in [0.3, 0.4) is 0 Å². The summed E-state index contributed by atoms with van der Waals surface area (Å²) in [7, 11) is 0. The van der Waals surface area contributed by atoms with Crippen molar-refractivity contribution in [2.75, 3.05) is 13.2 Å². The standard InChI is InChI=1S/C26H30N2O5/c1-3-28(16(2)25(30)31)24(29)17-12-13-18(14-17)27-26(32)33-15-23-21-10-6-4-8-19(21)20-9-5-7-11-22(20)23/h4-11,16-18,23H,3,12-15H2,1-2H3,(H,27,32)(H,30,31)/t16?,17-,18+/m1/s1. The molecule has 1 fully saturated rings. The Hall–Kier alpha value is -3.35. The number of fused-ring (bicyclic) bond motifs is 3. The lowest BCUT2D eigenvalue weighted by Crippen LogP contribution is -2.45. The van der Waals surface area contributed by atoms with Gasteiger partial charge in [0.2, 0.25) is 5.91 Å². The molecule has 0 radical (unpaired) electrons. The molecule has 2 aromatic rings. The fraction of sp³-hybridized carbons (Fsp3) is 0.423. The zero-order valence-electron chi connectivity index (χ0n) is 19.0. The van der Waals surface area contributed by atoms with Gasteiger partial charge in [-0.3, -0.25) is 4.79 Å². The van der Waals surface area contributed by atoms with Gasteiger partial charge in [0.1, 0.15) is 12.6 Å². The summed E-state index contributed by atoms with van der Waals surface area (Å²) >= 11 is 0. The number of carboxylic acid groups (broad SMARTS) is 1. The van der Waals surface area contributed by atoms with E-state index in [1.165, 1.54) is 23.0 Å². The maximum atomic E-state index is 12.8. The molecule has 1 unspecified atom stereocenters. The Morgan fingerprint density at radius 2 is 1.67 bits per heavy atom. The largest absolute Gasteiger partial charge is 0.480 e. The number of ether oxygens (including phenoxy) is 1. The van der Waals surface area contributed by atoms with Gasteiger partial charge in [-0.25, -0.2) is 9.59 Å². The van der Waals surface area contributed by atoms with E-state index in [2.05, 4.69) is 29.6 Å². The van der Waals surface area contributed by atoms with Gasteiger partial charge in [0.25, 0.3) is 0 Å². The highest BCUT2D eigenvalue weighted by atomic mass is 16.5. The summed E-state index contributed by atoms with van der Waals surface area (Å²) < 4.78 is 5.61. The van der Waals surface area contributed by atoms with Crippen molar-refractivity contribution in [1.29, 1.82) is 0 Å². The van der Waals surface area contributed by atoms with Crippen LogP contribution < -0.4 is 5.32 Å². The summed E-state index contributed by atoms with van der Waals surface area (Å²) in [6.07, 6.45) is 1.29. The number of carbonyl (C=O) groups excluding carboxylic acids is 2. The smallest absolute Gasteiger partial charge is 0.407 e. The van der Waals surface area contributed by atoms with Gasteiger partial charge in [-0.1, -0.05) is 48.5 Å². The molecule has 174 valence electrons. The molecule has 0 aliphatic heterocycles. The minimum absolute atomic E-state index is 0.00308. The molecule has 0 bridgehead atoms. The first kappa shape index (κ1) is 22.8. The Labute approximate surface area is 193 Å². The summed E-state index contributed by atoms with van der Waals surface area (Å²) in [5, 5.41) is 12.1. The molecule has 0 aromatic heterocycles. The minimum atomic E-state index is -1.02. The quantitative estimate of drug-likeness (QED) is 0.664. The lowest BCUT2D eigenvalue weighted by molar-refractivity contribution is -0.151. The lowest BCUT2D eigenvalue weighted by atomic mass is 9.98. The van der Waals surface area contributed by atoms with E-state index in [0.717, 1.165) is 11.1 Å². The van der Waals surface area contributed by atoms with Gasteiger partial charge in [-0.05, 0) is 55.4 Å². The maximum absolute atomic E-state index is 12.8. The molecule has 33 heavy (non-hydrogen) atoms. The van der Waals surface area contributed by atoms with Crippen LogP contribution in [0.1, 0.15) is 50.2 Å². The fourth-order valence-corrected chi connectivity index (χ4v) is 5.13. The zero-order chi connectivity index (χ0) is 23.5. The number of rotatable bonds is 7. The number of amides is 2. The Bertz CT molecular complexity index is 1010. The predicted molar refractivity (Wildman–Crippen MR) is 124 cm³/mol. The molecule has 2 amide bonds. The topological polar surface area (TPSA) is 95.9 Å². The van der Waals surface area contributed by atoms with Gasteiger partial charge in [-0.2, -0.15) is 0 Å². The summed E-state index contributed by atoms with van der Waals surface area (Å²) in [5.41, 5.74) is 4.67. The molecule has 1 saturated carbocycles. The molecule has 3 atom stereocenters. The minimum Gasteiger partial charge on any atom is -0.480 e. The van der Waals surface area contributed by atoms with Crippen LogP contribution in [0, 0.1) is 5.92 Å². The van der Waals surface area contributed by atoms with Crippen LogP contribution in [0.2, 0.25) is 0 Å². The van der Waals surface area contributed by atoms with Crippen LogP contribution in [0.15, 0.2) is 48.5 Å². The Morgan fingerprint density at radius 1 is 1.06 bits per heavy atom. The maximum Gasteiger partial charge on any atom is 0.407 e. The van der Waals surface area contributed by atoms with E-state index in [4.69, 9.17) is 4.74 Å². The number of carbonyl (C=O) groups is 3. The van der Waals surface area contributed by atoms with Gasteiger partial charge in [0.05, 0.1) is 0 Å². The second kappa shape index (κ2) is 9.65. The molecule has 2 aliphatic rings. The molecule has 2 aliphatic carbocycles. The van der Waals surface area contributed by atoms with E-state index >= 15 is 0 Å². The number of aliphatic carboxylic acids is 1. The number of likely N-dealkylation sites (N-methyl/N-ethyl adjacent to an activating group) is 1. The normalized spacial score (nSPS) is 19.9. The van der Waals surface area contributed by atoms with Crippen molar-refractivity contribution in [1.82, 2.24) is 10.2 Å². The predicted octanol–water partition coefficient (Wildman–Crippen LogP) is 4.02. The van der Waals surface area contributed by atoms with E-state index in [1.54, 1.807) is 6.92 Å². The average Bonchev–Trinajstić information content (AvgIpc) is 3.40. The first-order valence-corrected chi connectivity index (χ1v) is 11.6. The number of hydrogen-bond acceptors (Lipinski definition) is 4. The second-order valence-corrected chi connectivity index (χ2v) is 8.82. The van der Waals surface area contributed by atoms with Crippen LogP contribution in [0.5, 0.6) is 0 Å². The first-order valence-electron chi connectivity index (χ1n) is 11.6. The van der Waals surface area contributed by atoms with E-state index in [-0.39, 0.29) is 30.4 Å². The van der Waals surface area contributed by atoms with Crippen LogP contribution in [0.25, 0.3) is 11.1 Å². The average molecular weight is 451 g/mol. The molecule has 0 saturated heterocycles. The van der Waals surface area contributed by atoms with Crippen LogP contribution in [-0.4, -0.2) is 53.2 Å². The number of hydrogen-bond donors (Lipinski definition) is 2. The number of benzene rings is 2. The molecular formula is C26H30N2O5. The highest BCUT2D eigenvalue weighted by molar-refractivity contribution is 5.85. The molecule has 0 heterocycles. The van der Waals surface area contributed by atoms with Crippen molar-refractivity contribution < 1.29 is 24.2 Å². The van der Waals surface area contributed by atoms with Crippen molar-refractivity contribution in [2.24, 2.45) is 5.92 Å². The fourth-order valence-electron chi connectivity index (χ4n) is 5.13. The van der Waals surface area contributed by atoms with Gasteiger partial charge in [0, 0.05) is 24.4 Å². The lowest BCUT2D eigenvalue weighted by Gasteiger charge is -2.27. The van der Waals surface area contributed by atoms with Gasteiger partial charge < -0.3 is 20.1 Å². The number of alkyl carbamates (subject to hydrolysis) is 1. The van der Waals surface area contributed by atoms with Gasteiger partial charge in [-0.15, -0.1) is 0 Å². The molecule has 0 spiro atoms. The van der Waals surface area contributed by atoms with Crippen molar-refractivity contribution >= 4 is 18.0 Å². The van der Waals surface area contributed by atoms with E-state index in [9.17, 15) is 19.5 Å². The Balaban J connectivity index is 1.33. The van der Waals surface area contributed by atoms with Crippen molar-refractivity contribution in [2.45, 2.75) is 51.1 Å². The highest BCUT2D eigenvalue weighted by Crippen LogP contribution is 2.44. The third-order valence-corrected chi connectivity index (χ3v) is 6.90. The van der Waals surface area contributed by atoms with Crippen molar-refractivity contribution in [3.05, 3.63) is 59.7 Å². The van der Waals surface area contributed by atoms with Crippen molar-refractivity contribution in [3.8, 4) is 11.1 Å². The third-order valence-electron chi connectivity index (χ3n) is 6.90. The summed E-state index contributed by atoms with van der Waals surface area (Å²) in [6, 6.07) is 15.3. The molecule has 7 heteroatoms. The van der Waals surface area contributed by atoms with E-state index in [1.807, 2.05) is 24.3 Å². The van der Waals surface area contributed by atoms with Gasteiger partial charge in [0.15, 0.2) is 0 Å². The van der Waals surface area contributed by atoms with Crippen LogP contribution >= 0.6 is 0 Å². The summed E-state index contributed by atoms with van der Waals surface area (Å²) in [6.45, 7) is 3.88. The third kappa shape index (κ3) is 4.58. The summed E-state index contributed by atoms with van der Waals surface area (Å²) in [4.78, 5) is 38.0. The first-order chi connectivity index (χ1) is 15.9. The number of nitrogens with zero attached hydrogens (tertiary/aromatic N) is 1. The van der Waals surface area contributed by atoms with Gasteiger partial charge >= 0.3 is 12.1 Å². The number of carboxylic acids is 1. The molecule has 2 N–H and O–H groups in total. The van der Waals surface area contributed by atoms with E-state index in [0.29, 0.717) is 25.8 Å². The van der Waals surface area contributed by atoms with Crippen LogP contribution in [0.4, 0.5) is 4.79 Å². The zero-order valence-corrected chi connectivity index (χ0v) is 19.0. The highest BCUT2D eigenvalue weighted by Gasteiger charge is 2.36. The van der Waals surface area contributed by atoms with Crippen molar-refractivity contribution in [3.63, 3.8) is 0 Å². The summed E-state index contributed by atoms with van der Waals surface area (Å²) in [5.74, 6) is -1.47. The molecule has 4 rings (SSSR count).